The van der Waals surface area contributed by atoms with Crippen LogP contribution in [0.4, 0.5) is 0 Å². The summed E-state index contributed by atoms with van der Waals surface area (Å²) in [5, 5.41) is 0. The molecule has 0 amide bonds. The van der Waals surface area contributed by atoms with Crippen LogP contribution in [0.1, 0.15) is 47.5 Å². The number of hydrogen-bond donors (Lipinski definition) is 0. The second-order valence-electron chi connectivity index (χ2n) is 5.67. The molecule has 0 saturated carbocycles. The van der Waals surface area contributed by atoms with Crippen molar-refractivity contribution in [3.63, 3.8) is 0 Å². The zero-order valence-corrected chi connectivity index (χ0v) is 12.3. The van der Waals surface area contributed by atoms with Crippen molar-refractivity contribution in [2.45, 2.75) is 53.1 Å². The monoisotopic (exact) mass is 264 g/mol. The molecular weight excluding hydrogens is 240 g/mol. The highest BCUT2D eigenvalue weighted by molar-refractivity contribution is 7.91. The summed E-state index contributed by atoms with van der Waals surface area (Å²) in [6.07, 6.45) is 0.578. The maximum absolute atomic E-state index is 11.6. The maximum atomic E-state index is 11.6. The molecular formula is C12H24O4S. The van der Waals surface area contributed by atoms with Crippen LogP contribution < -0.4 is 0 Å². The van der Waals surface area contributed by atoms with Crippen molar-refractivity contribution in [2.24, 2.45) is 5.92 Å². The summed E-state index contributed by atoms with van der Waals surface area (Å²) in [4.78, 5) is 11.4. The molecule has 0 aliphatic rings. The zero-order chi connectivity index (χ0) is 13.7. The van der Waals surface area contributed by atoms with Gasteiger partial charge in [-0.05, 0) is 33.1 Å². The predicted octanol–water partition coefficient (Wildman–Crippen LogP) is 2.18. The van der Waals surface area contributed by atoms with E-state index < -0.39 is 21.4 Å². The van der Waals surface area contributed by atoms with E-state index in [1.54, 1.807) is 20.8 Å². The first-order valence-electron chi connectivity index (χ1n) is 5.94. The van der Waals surface area contributed by atoms with E-state index in [1.807, 2.05) is 13.8 Å². The Bertz CT molecular complexity index is 336. The number of ether oxygens (including phenoxy) is 1. The summed E-state index contributed by atoms with van der Waals surface area (Å²) in [6, 6.07) is 0. The lowest BCUT2D eigenvalue weighted by Crippen LogP contribution is -2.25. The Labute approximate surface area is 105 Å². The third-order valence-corrected chi connectivity index (χ3v) is 3.73. The van der Waals surface area contributed by atoms with E-state index in [4.69, 9.17) is 4.74 Å². The number of sulfone groups is 1. The van der Waals surface area contributed by atoms with Gasteiger partial charge in [0.2, 0.25) is 0 Å². The fraction of sp³-hybridized carbons (Fsp3) is 0.917. The van der Waals surface area contributed by atoms with Gasteiger partial charge in [0, 0.05) is 0 Å². The molecule has 5 heteroatoms. The predicted molar refractivity (Wildman–Crippen MR) is 68.6 cm³/mol. The number of esters is 1. The molecule has 0 N–H and O–H groups in total. The van der Waals surface area contributed by atoms with Gasteiger partial charge < -0.3 is 4.74 Å². The van der Waals surface area contributed by atoms with Crippen LogP contribution in [-0.4, -0.2) is 31.5 Å². The van der Waals surface area contributed by atoms with Crippen LogP contribution in [0.5, 0.6) is 0 Å². The van der Waals surface area contributed by atoms with Gasteiger partial charge in [-0.15, -0.1) is 0 Å². The van der Waals surface area contributed by atoms with Gasteiger partial charge in [-0.2, -0.15) is 0 Å². The lowest BCUT2D eigenvalue weighted by atomic mass is 10.2. The van der Waals surface area contributed by atoms with Gasteiger partial charge in [0.05, 0.1) is 17.9 Å². The molecule has 0 spiro atoms. The van der Waals surface area contributed by atoms with Crippen LogP contribution in [0.2, 0.25) is 0 Å². The molecule has 0 unspecified atom stereocenters. The van der Waals surface area contributed by atoms with Gasteiger partial charge in [-0.25, -0.2) is 8.42 Å². The molecule has 17 heavy (non-hydrogen) atoms. The molecule has 0 aliphatic heterocycles. The molecule has 0 bridgehead atoms. The van der Waals surface area contributed by atoms with E-state index >= 15 is 0 Å². The van der Waals surface area contributed by atoms with Gasteiger partial charge in [0.1, 0.15) is 5.60 Å². The van der Waals surface area contributed by atoms with Gasteiger partial charge in [0.15, 0.2) is 9.84 Å². The molecule has 0 atom stereocenters. The quantitative estimate of drug-likeness (QED) is 0.690. The lowest BCUT2D eigenvalue weighted by molar-refractivity contribution is -0.154. The van der Waals surface area contributed by atoms with Crippen molar-refractivity contribution >= 4 is 15.8 Å². The summed E-state index contributed by atoms with van der Waals surface area (Å²) < 4.78 is 28.2. The second-order valence-corrected chi connectivity index (χ2v) is 7.97. The first kappa shape index (κ1) is 16.4. The van der Waals surface area contributed by atoms with E-state index in [-0.39, 0.29) is 17.9 Å². The minimum atomic E-state index is -3.13. The zero-order valence-electron chi connectivity index (χ0n) is 11.4. The van der Waals surface area contributed by atoms with E-state index in [1.165, 1.54) is 0 Å². The molecule has 0 fully saturated rings. The second kappa shape index (κ2) is 6.38. The fourth-order valence-electron chi connectivity index (χ4n) is 1.15. The number of carbonyl (C=O) groups is 1. The molecule has 0 heterocycles. The van der Waals surface area contributed by atoms with Crippen molar-refractivity contribution in [2.75, 3.05) is 11.5 Å². The third-order valence-electron chi connectivity index (χ3n) is 2.04. The first-order chi connectivity index (χ1) is 7.52. The Balaban J connectivity index is 4.06. The normalized spacial score (nSPS) is 12.8. The molecule has 0 radical (unpaired) electrons. The Hall–Kier alpha value is -0.580. The average molecular weight is 264 g/mol. The smallest absolute Gasteiger partial charge is 0.307 e. The summed E-state index contributed by atoms with van der Waals surface area (Å²) in [5.41, 5.74) is -0.557. The van der Waals surface area contributed by atoms with Crippen molar-refractivity contribution in [1.29, 1.82) is 0 Å². The summed E-state index contributed by atoms with van der Waals surface area (Å²) >= 11 is 0. The van der Waals surface area contributed by atoms with Crippen molar-refractivity contribution in [3.05, 3.63) is 0 Å². The van der Waals surface area contributed by atoms with E-state index in [0.29, 0.717) is 12.3 Å². The minimum Gasteiger partial charge on any atom is -0.460 e. The largest absolute Gasteiger partial charge is 0.460 e. The summed E-state index contributed by atoms with van der Waals surface area (Å²) in [6.45, 7) is 9.24. The Morgan fingerprint density at radius 3 is 2.12 bits per heavy atom. The lowest BCUT2D eigenvalue weighted by Gasteiger charge is -2.19. The first-order valence-corrected chi connectivity index (χ1v) is 7.76. The molecule has 0 aromatic carbocycles. The topological polar surface area (TPSA) is 60.4 Å². The fourth-order valence-corrected chi connectivity index (χ4v) is 2.66. The molecule has 0 saturated heterocycles. The van der Waals surface area contributed by atoms with Crippen LogP contribution in [0.3, 0.4) is 0 Å². The molecule has 0 aromatic rings. The SMILES string of the molecule is CC(C)CCS(=O)(=O)CCC(=O)OC(C)(C)C. The number of carbonyl (C=O) groups excluding carboxylic acids is 1. The number of rotatable bonds is 6. The van der Waals surface area contributed by atoms with Crippen LogP contribution in [0.15, 0.2) is 0 Å². The van der Waals surface area contributed by atoms with Gasteiger partial charge in [-0.1, -0.05) is 13.8 Å². The molecule has 0 aliphatic carbocycles. The highest BCUT2D eigenvalue weighted by atomic mass is 32.2. The maximum Gasteiger partial charge on any atom is 0.307 e. The van der Waals surface area contributed by atoms with Crippen molar-refractivity contribution < 1.29 is 17.9 Å². The highest BCUT2D eigenvalue weighted by Gasteiger charge is 2.19. The van der Waals surface area contributed by atoms with E-state index in [9.17, 15) is 13.2 Å². The molecule has 0 rings (SSSR count). The van der Waals surface area contributed by atoms with Crippen LogP contribution in [0, 0.1) is 5.92 Å². The molecule has 102 valence electrons. The van der Waals surface area contributed by atoms with Crippen LogP contribution >= 0.6 is 0 Å². The van der Waals surface area contributed by atoms with Crippen LogP contribution in [-0.2, 0) is 19.4 Å². The average Bonchev–Trinajstić information content (AvgIpc) is 2.09. The summed E-state index contributed by atoms with van der Waals surface area (Å²) in [5.74, 6) is -0.0702. The van der Waals surface area contributed by atoms with Crippen molar-refractivity contribution in [3.8, 4) is 0 Å². The Morgan fingerprint density at radius 2 is 1.71 bits per heavy atom. The highest BCUT2D eigenvalue weighted by Crippen LogP contribution is 2.10. The van der Waals surface area contributed by atoms with Gasteiger partial charge >= 0.3 is 5.97 Å². The van der Waals surface area contributed by atoms with E-state index in [2.05, 4.69) is 0 Å². The Kier molecular flexibility index (Phi) is 6.16. The van der Waals surface area contributed by atoms with Crippen LogP contribution in [0.25, 0.3) is 0 Å². The summed E-state index contributed by atoms with van der Waals surface area (Å²) in [7, 11) is -3.13. The third kappa shape index (κ3) is 10.3. The van der Waals surface area contributed by atoms with E-state index in [0.717, 1.165) is 0 Å². The Morgan fingerprint density at radius 1 is 1.18 bits per heavy atom. The molecule has 4 nitrogen and oxygen atoms in total. The number of hydrogen-bond acceptors (Lipinski definition) is 4. The molecule has 0 aromatic heterocycles. The van der Waals surface area contributed by atoms with Gasteiger partial charge in [0.25, 0.3) is 0 Å². The standard InChI is InChI=1S/C12H24O4S/c1-10(2)6-8-17(14,15)9-7-11(13)16-12(3,4)5/h10H,6-9H2,1-5H3. The van der Waals surface area contributed by atoms with Gasteiger partial charge in [-0.3, -0.25) is 4.79 Å². The van der Waals surface area contributed by atoms with Crippen molar-refractivity contribution in [1.82, 2.24) is 0 Å². The minimum absolute atomic E-state index is 0.0578.